The van der Waals surface area contributed by atoms with E-state index >= 15 is 0 Å². The molecule has 104 valence electrons. The average Bonchev–Trinajstić information content (AvgIpc) is 2.42. The van der Waals surface area contributed by atoms with Crippen LogP contribution >= 0.6 is 27.5 Å². The first-order valence-electron chi connectivity index (χ1n) is 5.93. The monoisotopic (exact) mass is 354 g/mol. The van der Waals surface area contributed by atoms with Crippen molar-refractivity contribution in [3.05, 3.63) is 57.5 Å². The van der Waals surface area contributed by atoms with E-state index in [2.05, 4.69) is 15.9 Å². The fourth-order valence-corrected chi connectivity index (χ4v) is 2.36. The van der Waals surface area contributed by atoms with Crippen LogP contribution in [0.25, 0.3) is 0 Å². The van der Waals surface area contributed by atoms with E-state index in [1.165, 1.54) is 0 Å². The largest absolute Gasteiger partial charge is 0.481 e. The highest BCUT2D eigenvalue weighted by molar-refractivity contribution is 9.10. The first-order chi connectivity index (χ1) is 9.47. The summed E-state index contributed by atoms with van der Waals surface area (Å²) in [6.45, 7) is 1.64. The second-order valence-electron chi connectivity index (χ2n) is 4.31. The van der Waals surface area contributed by atoms with Crippen molar-refractivity contribution in [1.29, 1.82) is 0 Å². The highest BCUT2D eigenvalue weighted by atomic mass is 79.9. The van der Waals surface area contributed by atoms with Gasteiger partial charge in [-0.25, -0.2) is 0 Å². The summed E-state index contributed by atoms with van der Waals surface area (Å²) in [5, 5.41) is 9.45. The van der Waals surface area contributed by atoms with Crippen molar-refractivity contribution < 1.29 is 14.6 Å². The number of aliphatic carboxylic acids is 1. The van der Waals surface area contributed by atoms with Gasteiger partial charge in [0.15, 0.2) is 0 Å². The number of hydrogen-bond acceptors (Lipinski definition) is 2. The third-order valence-electron chi connectivity index (χ3n) is 2.87. The van der Waals surface area contributed by atoms with E-state index in [0.717, 1.165) is 10.0 Å². The number of halogens is 2. The summed E-state index contributed by atoms with van der Waals surface area (Å²) in [5.41, 5.74) is 0.728. The summed E-state index contributed by atoms with van der Waals surface area (Å²) in [7, 11) is 0. The molecule has 0 heterocycles. The molecule has 0 aliphatic rings. The molecule has 0 aromatic heterocycles. The fraction of sp³-hybridized carbons (Fsp3) is 0.133. The summed E-state index contributed by atoms with van der Waals surface area (Å²) in [5.74, 6) is -0.237. The van der Waals surface area contributed by atoms with E-state index < -0.39 is 11.9 Å². The van der Waals surface area contributed by atoms with Crippen LogP contribution < -0.4 is 4.74 Å². The zero-order valence-electron chi connectivity index (χ0n) is 10.6. The summed E-state index contributed by atoms with van der Waals surface area (Å²) >= 11 is 9.40. The topological polar surface area (TPSA) is 46.5 Å². The Morgan fingerprint density at radius 1 is 1.25 bits per heavy atom. The van der Waals surface area contributed by atoms with Gasteiger partial charge in [0.1, 0.15) is 11.5 Å². The molecule has 3 nitrogen and oxygen atoms in total. The van der Waals surface area contributed by atoms with E-state index in [1.54, 1.807) is 43.3 Å². The molecule has 1 unspecified atom stereocenters. The van der Waals surface area contributed by atoms with Crippen LogP contribution in [-0.2, 0) is 4.79 Å². The van der Waals surface area contributed by atoms with E-state index in [0.29, 0.717) is 16.5 Å². The molecule has 0 spiro atoms. The van der Waals surface area contributed by atoms with Gasteiger partial charge >= 0.3 is 5.97 Å². The number of carboxylic acids is 1. The predicted octanol–water partition coefficient (Wildman–Crippen LogP) is 5.08. The van der Waals surface area contributed by atoms with Crippen LogP contribution in [0.4, 0.5) is 0 Å². The molecule has 2 aromatic carbocycles. The smallest absolute Gasteiger partial charge is 0.310 e. The summed E-state index contributed by atoms with van der Waals surface area (Å²) in [6.07, 6.45) is 0. The molecule has 0 saturated carbocycles. The molecule has 0 radical (unpaired) electrons. The van der Waals surface area contributed by atoms with Gasteiger partial charge in [0.25, 0.3) is 0 Å². The molecule has 2 rings (SSSR count). The van der Waals surface area contributed by atoms with Gasteiger partial charge in [0, 0.05) is 4.47 Å². The maximum absolute atomic E-state index is 10.9. The Morgan fingerprint density at radius 3 is 2.45 bits per heavy atom. The van der Waals surface area contributed by atoms with Crippen LogP contribution in [0.5, 0.6) is 11.5 Å². The molecular weight excluding hydrogens is 344 g/mol. The van der Waals surface area contributed by atoms with Crippen LogP contribution in [0.15, 0.2) is 46.9 Å². The lowest BCUT2D eigenvalue weighted by molar-refractivity contribution is -0.138. The molecule has 0 aliphatic heterocycles. The van der Waals surface area contributed by atoms with Gasteiger partial charge in [-0.15, -0.1) is 0 Å². The molecule has 0 fully saturated rings. The van der Waals surface area contributed by atoms with Gasteiger partial charge in [-0.3, -0.25) is 4.79 Å². The van der Waals surface area contributed by atoms with Gasteiger partial charge < -0.3 is 9.84 Å². The third kappa shape index (κ3) is 3.52. The molecule has 1 N–H and O–H groups in total. The third-order valence-corrected chi connectivity index (χ3v) is 3.66. The highest BCUT2D eigenvalue weighted by Crippen LogP contribution is 2.32. The quantitative estimate of drug-likeness (QED) is 0.831. The van der Waals surface area contributed by atoms with E-state index in [4.69, 9.17) is 21.4 Å². The molecule has 1 atom stereocenters. The lowest BCUT2D eigenvalue weighted by atomic mass is 10.0. The van der Waals surface area contributed by atoms with Crippen LogP contribution in [0, 0.1) is 0 Å². The van der Waals surface area contributed by atoms with Gasteiger partial charge in [-0.1, -0.05) is 39.7 Å². The molecule has 0 amide bonds. The first-order valence-corrected chi connectivity index (χ1v) is 7.10. The zero-order chi connectivity index (χ0) is 14.7. The summed E-state index contributed by atoms with van der Waals surface area (Å²) in [6, 6.07) is 12.3. The second-order valence-corrected chi connectivity index (χ2v) is 5.63. The molecule has 0 bridgehead atoms. The van der Waals surface area contributed by atoms with Crippen molar-refractivity contribution in [3.63, 3.8) is 0 Å². The Labute approximate surface area is 130 Å². The van der Waals surface area contributed by atoms with Gasteiger partial charge in [0.2, 0.25) is 0 Å². The first kappa shape index (κ1) is 14.9. The van der Waals surface area contributed by atoms with Crippen molar-refractivity contribution in [2.45, 2.75) is 12.8 Å². The van der Waals surface area contributed by atoms with Gasteiger partial charge in [0.05, 0.1) is 10.9 Å². The van der Waals surface area contributed by atoms with Crippen molar-refractivity contribution in [1.82, 2.24) is 0 Å². The standard InChI is InChI=1S/C15H12BrClO3/c1-9(15(18)19)10-2-5-12(6-3-10)20-14-7-4-11(16)8-13(14)17/h2-9H,1H3,(H,18,19). The van der Waals surface area contributed by atoms with Crippen LogP contribution in [0.2, 0.25) is 5.02 Å². The number of carbonyl (C=O) groups is 1. The van der Waals surface area contributed by atoms with Crippen molar-refractivity contribution in [3.8, 4) is 11.5 Å². The molecule has 20 heavy (non-hydrogen) atoms. The summed E-state index contributed by atoms with van der Waals surface area (Å²) < 4.78 is 6.53. The van der Waals surface area contributed by atoms with Gasteiger partial charge in [-0.2, -0.15) is 0 Å². The van der Waals surface area contributed by atoms with E-state index in [-0.39, 0.29) is 0 Å². The van der Waals surface area contributed by atoms with Crippen LogP contribution in [0.3, 0.4) is 0 Å². The average molecular weight is 356 g/mol. The Kier molecular flexibility index (Phi) is 4.68. The van der Waals surface area contributed by atoms with E-state index in [9.17, 15) is 4.79 Å². The van der Waals surface area contributed by atoms with Crippen molar-refractivity contribution >= 4 is 33.5 Å². The number of benzene rings is 2. The Morgan fingerprint density at radius 2 is 1.90 bits per heavy atom. The summed E-state index contributed by atoms with van der Waals surface area (Å²) in [4.78, 5) is 10.9. The highest BCUT2D eigenvalue weighted by Gasteiger charge is 2.13. The van der Waals surface area contributed by atoms with Crippen LogP contribution in [0.1, 0.15) is 18.4 Å². The van der Waals surface area contributed by atoms with Gasteiger partial charge in [-0.05, 0) is 42.8 Å². The maximum atomic E-state index is 10.9. The van der Waals surface area contributed by atoms with Crippen molar-refractivity contribution in [2.75, 3.05) is 0 Å². The number of ether oxygens (including phenoxy) is 1. The molecule has 5 heteroatoms. The Bertz CT molecular complexity index is 626. The fourth-order valence-electron chi connectivity index (χ4n) is 1.65. The minimum Gasteiger partial charge on any atom is -0.481 e. The maximum Gasteiger partial charge on any atom is 0.310 e. The number of carboxylic acid groups (broad SMARTS) is 1. The Hall–Kier alpha value is -1.52. The molecular formula is C15H12BrClO3. The molecule has 2 aromatic rings. The normalized spacial score (nSPS) is 11.9. The zero-order valence-corrected chi connectivity index (χ0v) is 13.0. The molecule has 0 aliphatic carbocycles. The minimum absolute atomic E-state index is 0.502. The number of hydrogen-bond donors (Lipinski definition) is 1. The van der Waals surface area contributed by atoms with Crippen LogP contribution in [-0.4, -0.2) is 11.1 Å². The SMILES string of the molecule is CC(C(=O)O)c1ccc(Oc2ccc(Br)cc2Cl)cc1. The lowest BCUT2D eigenvalue weighted by Crippen LogP contribution is -2.06. The van der Waals surface area contributed by atoms with Crippen molar-refractivity contribution in [2.24, 2.45) is 0 Å². The number of rotatable bonds is 4. The second kappa shape index (κ2) is 6.29. The van der Waals surface area contributed by atoms with E-state index in [1.807, 2.05) is 6.07 Å². The Balaban J connectivity index is 2.16. The predicted molar refractivity (Wildman–Crippen MR) is 81.7 cm³/mol. The minimum atomic E-state index is -0.852. The molecule has 0 saturated heterocycles. The lowest BCUT2D eigenvalue weighted by Gasteiger charge is -2.10.